The molecule has 0 bridgehead atoms. The summed E-state index contributed by atoms with van der Waals surface area (Å²) in [5.41, 5.74) is 8.26. The van der Waals surface area contributed by atoms with E-state index in [1.54, 1.807) is 13.6 Å². The van der Waals surface area contributed by atoms with Crippen molar-refractivity contribution in [2.45, 2.75) is 45.6 Å². The van der Waals surface area contributed by atoms with Crippen molar-refractivity contribution < 1.29 is 19.5 Å². The van der Waals surface area contributed by atoms with E-state index in [0.717, 1.165) is 62.3 Å². The lowest BCUT2D eigenvalue weighted by Crippen LogP contribution is -2.36. The minimum atomic E-state index is -0.629. The normalized spacial score (nSPS) is 15.6. The van der Waals surface area contributed by atoms with Gasteiger partial charge >= 0.3 is 14.1 Å². The Bertz CT molecular complexity index is 2340. The van der Waals surface area contributed by atoms with Crippen LogP contribution in [0.25, 0.3) is 26.4 Å². The Labute approximate surface area is 334 Å². The van der Waals surface area contributed by atoms with Gasteiger partial charge in [-0.1, -0.05) is 96.6 Å². The molecular weight excluding hydrogens is 727 g/mol. The van der Waals surface area contributed by atoms with Crippen LogP contribution in [-0.4, -0.2) is 49.0 Å². The molecule has 7 nitrogen and oxygen atoms in total. The van der Waals surface area contributed by atoms with Gasteiger partial charge in [0, 0.05) is 71.0 Å². The van der Waals surface area contributed by atoms with E-state index >= 15 is 0 Å². The zero-order valence-corrected chi connectivity index (χ0v) is 32.8. The second kappa shape index (κ2) is 16.9. The van der Waals surface area contributed by atoms with E-state index in [0.29, 0.717) is 37.2 Å². The van der Waals surface area contributed by atoms with E-state index in [1.165, 1.54) is 16.5 Å². The lowest BCUT2D eigenvalue weighted by molar-refractivity contribution is 0.310. The number of benzene rings is 6. The van der Waals surface area contributed by atoms with Crippen LogP contribution >= 0.6 is 23.2 Å². The predicted octanol–water partition coefficient (Wildman–Crippen LogP) is 10.2. The number of nitrogens with zero attached hydrogens (tertiary/aromatic N) is 3. The van der Waals surface area contributed by atoms with Crippen molar-refractivity contribution in [2.24, 2.45) is 0 Å². The topological polar surface area (TPSA) is 69.8 Å². The monoisotopic (exact) mass is 769 g/mol. The van der Waals surface area contributed by atoms with Crippen LogP contribution in [0.5, 0.6) is 11.5 Å². The zero-order valence-electron chi connectivity index (χ0n) is 31.3. The van der Waals surface area contributed by atoms with Crippen LogP contribution in [0.3, 0.4) is 0 Å². The molecular formula is C44H43B2Cl2N3O4. The van der Waals surface area contributed by atoms with Gasteiger partial charge in [-0.05, 0) is 59.7 Å². The molecule has 0 radical (unpaired) electrons. The first kappa shape index (κ1) is 38.4. The third-order valence-electron chi connectivity index (χ3n) is 10.5. The fourth-order valence-electron chi connectivity index (χ4n) is 7.83. The summed E-state index contributed by atoms with van der Waals surface area (Å²) in [7, 11) is -1.20. The van der Waals surface area contributed by atoms with Crippen LogP contribution in [0.1, 0.15) is 39.7 Å². The average Bonchev–Trinajstić information content (AvgIpc) is 3.79. The molecule has 2 N–H and O–H groups in total. The number of rotatable bonds is 10. The van der Waals surface area contributed by atoms with E-state index in [1.807, 2.05) is 82.4 Å². The van der Waals surface area contributed by atoms with Crippen molar-refractivity contribution in [1.29, 1.82) is 0 Å². The lowest BCUT2D eigenvalue weighted by Gasteiger charge is -2.22. The highest BCUT2D eigenvalue weighted by Gasteiger charge is 2.36. The zero-order chi connectivity index (χ0) is 38.6. The Kier molecular flexibility index (Phi) is 11.8. The van der Waals surface area contributed by atoms with Gasteiger partial charge in [0.1, 0.15) is 24.7 Å². The molecule has 0 spiro atoms. The van der Waals surface area contributed by atoms with Crippen LogP contribution in [0.2, 0.25) is 13.6 Å². The first-order chi connectivity index (χ1) is 26.7. The molecule has 11 heteroatoms. The quantitative estimate of drug-likeness (QED) is 0.0822. The van der Waals surface area contributed by atoms with Gasteiger partial charge in [0.15, 0.2) is 5.69 Å². The van der Waals surface area contributed by atoms with Crippen molar-refractivity contribution in [3.8, 4) is 11.5 Å². The van der Waals surface area contributed by atoms with Gasteiger partial charge in [0.25, 0.3) is 0 Å². The highest BCUT2D eigenvalue weighted by Crippen LogP contribution is 2.48. The number of fused-ring (bicyclic) bond motifs is 6. The average molecular weight is 770 g/mol. The molecule has 0 aliphatic carbocycles. The summed E-state index contributed by atoms with van der Waals surface area (Å²) in [5, 5.41) is 24.8. The third kappa shape index (κ3) is 7.97. The standard InChI is InChI=1S/C22H20BClN2O2.C22H23BClNO2/c1-23(27)26-13-16(12-24)22-19-10-17(25-2)8-9-18(19)21(11-20(22)26)28-14-15-6-4-3-5-7-15;1-15-8-9-18-19(10-15)22-17(12-24)13-25(23(2)26)20(22)11-21(18)27-14-16-6-4-3-5-7-16/h3-11,16,27H,12-14H2,1H3;3-11,17,26H,12-14H2,1-2H3. The number of alkyl halides is 2. The maximum atomic E-state index is 10.3. The lowest BCUT2D eigenvalue weighted by atomic mass is 9.85. The Balaban J connectivity index is 0.000000169. The summed E-state index contributed by atoms with van der Waals surface area (Å²) >= 11 is 12.5. The minimum Gasteiger partial charge on any atom is -0.488 e. The van der Waals surface area contributed by atoms with Crippen molar-refractivity contribution in [1.82, 2.24) is 0 Å². The van der Waals surface area contributed by atoms with Crippen molar-refractivity contribution in [2.75, 3.05) is 34.5 Å². The van der Waals surface area contributed by atoms with Crippen LogP contribution < -0.4 is 19.1 Å². The maximum Gasteiger partial charge on any atom is 0.409 e. The molecule has 2 atom stereocenters. The molecule has 2 heterocycles. The SMILES string of the molecule is CB(O)N1CC(CCl)c2c1cc(OCc1ccccc1)c1ccc(C)cc21.[C-]#[N+]c1ccc2c(OCc3ccccc3)cc3c(c2c1)C(CCl)CN3B(C)O. The summed E-state index contributed by atoms with van der Waals surface area (Å²) in [6, 6.07) is 36.3. The highest BCUT2D eigenvalue weighted by molar-refractivity contribution is 6.54. The van der Waals surface area contributed by atoms with Crippen molar-refractivity contribution in [3.63, 3.8) is 0 Å². The molecule has 55 heavy (non-hydrogen) atoms. The highest BCUT2D eigenvalue weighted by atomic mass is 35.5. The Morgan fingerprint density at radius 2 is 1.11 bits per heavy atom. The van der Waals surface area contributed by atoms with Crippen LogP contribution in [0.15, 0.2) is 109 Å². The molecule has 0 fully saturated rings. The number of hydrogen-bond donors (Lipinski definition) is 2. The van der Waals surface area contributed by atoms with Crippen LogP contribution in [0, 0.1) is 13.5 Å². The van der Waals surface area contributed by atoms with Crippen LogP contribution in [-0.2, 0) is 13.2 Å². The van der Waals surface area contributed by atoms with Crippen molar-refractivity contribution >= 4 is 75.9 Å². The fraction of sp³-hybridized carbons (Fsp3) is 0.250. The van der Waals surface area contributed by atoms with E-state index < -0.39 is 14.1 Å². The summed E-state index contributed by atoms with van der Waals surface area (Å²) in [6.07, 6.45) is 0. The van der Waals surface area contributed by atoms with Gasteiger partial charge in [-0.2, -0.15) is 0 Å². The third-order valence-corrected chi connectivity index (χ3v) is 11.3. The molecule has 0 saturated heterocycles. The number of ether oxygens (including phenoxy) is 2. The van der Waals surface area contributed by atoms with E-state index in [2.05, 4.69) is 48.2 Å². The second-order valence-electron chi connectivity index (χ2n) is 14.3. The molecule has 0 amide bonds. The molecule has 0 saturated carbocycles. The van der Waals surface area contributed by atoms with E-state index in [4.69, 9.17) is 39.2 Å². The molecule has 2 aliphatic rings. The first-order valence-corrected chi connectivity index (χ1v) is 19.7. The molecule has 6 aromatic carbocycles. The van der Waals surface area contributed by atoms with Gasteiger partial charge in [-0.25, -0.2) is 4.85 Å². The number of hydrogen-bond acceptors (Lipinski definition) is 6. The minimum absolute atomic E-state index is 0.0953. The Morgan fingerprint density at radius 3 is 1.55 bits per heavy atom. The largest absolute Gasteiger partial charge is 0.488 e. The smallest absolute Gasteiger partial charge is 0.409 e. The maximum absolute atomic E-state index is 10.3. The molecule has 2 aliphatic heterocycles. The van der Waals surface area contributed by atoms with Gasteiger partial charge in [-0.15, -0.1) is 23.2 Å². The summed E-state index contributed by atoms with van der Waals surface area (Å²) < 4.78 is 12.4. The molecule has 278 valence electrons. The van der Waals surface area contributed by atoms with Gasteiger partial charge in [0.2, 0.25) is 0 Å². The van der Waals surface area contributed by atoms with Crippen LogP contribution in [0.4, 0.5) is 17.1 Å². The second-order valence-corrected chi connectivity index (χ2v) is 14.9. The molecule has 6 aromatic rings. The van der Waals surface area contributed by atoms with E-state index in [9.17, 15) is 10.0 Å². The Morgan fingerprint density at radius 1 is 0.655 bits per heavy atom. The number of aryl methyl sites for hydroxylation is 1. The fourth-order valence-corrected chi connectivity index (χ4v) is 8.33. The molecule has 2 unspecified atom stereocenters. The van der Waals surface area contributed by atoms with E-state index in [-0.39, 0.29) is 11.8 Å². The van der Waals surface area contributed by atoms with Gasteiger partial charge in [0.05, 0.1) is 6.57 Å². The molecule has 8 rings (SSSR count). The number of halogens is 2. The number of anilines is 2. The summed E-state index contributed by atoms with van der Waals surface area (Å²) in [4.78, 5) is 7.55. The molecule has 0 aromatic heterocycles. The summed E-state index contributed by atoms with van der Waals surface area (Å²) in [5.74, 6) is 2.87. The van der Waals surface area contributed by atoms with Gasteiger partial charge in [-0.3, -0.25) is 0 Å². The summed E-state index contributed by atoms with van der Waals surface area (Å²) in [6.45, 7) is 15.4. The predicted molar refractivity (Wildman–Crippen MR) is 230 cm³/mol. The van der Waals surface area contributed by atoms with Crippen molar-refractivity contribution in [3.05, 3.63) is 148 Å². The Hall–Kier alpha value is -4.84. The van der Waals surface area contributed by atoms with Gasteiger partial charge < -0.3 is 29.1 Å². The first-order valence-electron chi connectivity index (χ1n) is 18.6.